The third kappa shape index (κ3) is 5.72. The Morgan fingerprint density at radius 2 is 2.00 bits per heavy atom. The molecule has 100 valence electrons. The average Bonchev–Trinajstić information content (AvgIpc) is 2.56. The van der Waals surface area contributed by atoms with Crippen LogP contribution in [0.5, 0.6) is 0 Å². The van der Waals surface area contributed by atoms with Gasteiger partial charge in [0.15, 0.2) is 0 Å². The largest absolute Gasteiger partial charge is 0.311 e. The molecule has 0 aromatic carbocycles. The highest BCUT2D eigenvalue weighted by Gasteiger charge is 2.28. The molecule has 1 saturated heterocycles. The van der Waals surface area contributed by atoms with E-state index in [0.717, 1.165) is 0 Å². The minimum atomic E-state index is 0.486. The fourth-order valence-corrected chi connectivity index (χ4v) is 3.17. The third-order valence-corrected chi connectivity index (χ3v) is 4.12. The monoisotopic (exact) mass is 237 g/mol. The lowest BCUT2D eigenvalue weighted by Crippen LogP contribution is -2.44. The summed E-state index contributed by atoms with van der Waals surface area (Å²) in [5, 5.41) is 3.87. The lowest BCUT2D eigenvalue weighted by molar-refractivity contribution is 0.261. The predicted octanol–water partition coefficient (Wildman–Crippen LogP) is 4.83. The van der Waals surface area contributed by atoms with Crippen LogP contribution in [0.3, 0.4) is 0 Å². The Balaban J connectivity index is 2.32. The molecule has 0 bridgehead atoms. The van der Waals surface area contributed by atoms with Gasteiger partial charge in [-0.2, -0.15) is 0 Å². The van der Waals surface area contributed by atoms with Crippen molar-refractivity contribution in [2.45, 2.75) is 83.1 Å². The van der Waals surface area contributed by atoms with Gasteiger partial charge in [0, 0.05) is 5.54 Å². The van der Waals surface area contributed by atoms with Crippen LogP contribution in [-0.4, -0.2) is 12.1 Å². The summed E-state index contributed by atoms with van der Waals surface area (Å²) in [5.74, 6) is 0. The molecule has 1 atom stereocenters. The minimum absolute atomic E-state index is 0.486. The number of allylic oxidation sites excluding steroid dienone is 1. The maximum absolute atomic E-state index is 3.87. The van der Waals surface area contributed by atoms with Crippen molar-refractivity contribution in [3.8, 4) is 0 Å². The second kappa shape index (κ2) is 8.74. The van der Waals surface area contributed by atoms with Gasteiger partial charge in [0.2, 0.25) is 0 Å². The van der Waals surface area contributed by atoms with E-state index in [4.69, 9.17) is 0 Å². The molecule has 1 unspecified atom stereocenters. The van der Waals surface area contributed by atoms with Crippen molar-refractivity contribution >= 4 is 0 Å². The SMILES string of the molecule is C=CCCCCCC1(CCC)CCCCCN1. The van der Waals surface area contributed by atoms with Crippen LogP contribution in [0.1, 0.15) is 77.6 Å². The van der Waals surface area contributed by atoms with Crippen molar-refractivity contribution in [2.75, 3.05) is 6.54 Å². The molecule has 0 aromatic rings. The van der Waals surface area contributed by atoms with Gasteiger partial charge in [-0.05, 0) is 45.1 Å². The summed E-state index contributed by atoms with van der Waals surface area (Å²) >= 11 is 0. The van der Waals surface area contributed by atoms with Gasteiger partial charge >= 0.3 is 0 Å². The molecule has 1 rings (SSSR count). The van der Waals surface area contributed by atoms with Crippen molar-refractivity contribution in [3.63, 3.8) is 0 Å². The van der Waals surface area contributed by atoms with Crippen LogP contribution in [0.15, 0.2) is 12.7 Å². The van der Waals surface area contributed by atoms with Crippen LogP contribution in [0.4, 0.5) is 0 Å². The Hall–Kier alpha value is -0.300. The molecule has 1 heteroatoms. The maximum atomic E-state index is 3.87. The Labute approximate surface area is 108 Å². The molecule has 1 aliphatic rings. The van der Waals surface area contributed by atoms with Crippen LogP contribution in [0.25, 0.3) is 0 Å². The number of nitrogens with one attached hydrogen (secondary N) is 1. The molecule has 17 heavy (non-hydrogen) atoms. The van der Waals surface area contributed by atoms with E-state index in [-0.39, 0.29) is 0 Å². The van der Waals surface area contributed by atoms with Crippen LogP contribution in [0.2, 0.25) is 0 Å². The summed E-state index contributed by atoms with van der Waals surface area (Å²) in [6.45, 7) is 7.36. The van der Waals surface area contributed by atoms with Gasteiger partial charge in [0.05, 0.1) is 0 Å². The van der Waals surface area contributed by atoms with Crippen LogP contribution in [0, 0.1) is 0 Å². The molecule has 0 aromatic heterocycles. The van der Waals surface area contributed by atoms with E-state index in [1.165, 1.54) is 77.2 Å². The van der Waals surface area contributed by atoms with E-state index >= 15 is 0 Å². The third-order valence-electron chi connectivity index (χ3n) is 4.12. The normalized spacial score (nSPS) is 25.5. The van der Waals surface area contributed by atoms with E-state index in [2.05, 4.69) is 18.8 Å². The molecule has 0 radical (unpaired) electrons. The summed E-state index contributed by atoms with van der Waals surface area (Å²) in [6, 6.07) is 0. The van der Waals surface area contributed by atoms with Crippen LogP contribution >= 0.6 is 0 Å². The van der Waals surface area contributed by atoms with Crippen molar-refractivity contribution < 1.29 is 0 Å². The highest BCUT2D eigenvalue weighted by molar-refractivity contribution is 4.89. The number of hydrogen-bond acceptors (Lipinski definition) is 1. The number of hydrogen-bond donors (Lipinski definition) is 1. The molecule has 1 nitrogen and oxygen atoms in total. The zero-order valence-electron chi connectivity index (χ0n) is 11.8. The number of unbranched alkanes of at least 4 members (excludes halogenated alkanes) is 3. The Morgan fingerprint density at radius 3 is 2.76 bits per heavy atom. The molecule has 0 aliphatic carbocycles. The van der Waals surface area contributed by atoms with E-state index < -0.39 is 0 Å². The lowest BCUT2D eigenvalue weighted by Gasteiger charge is -2.34. The number of rotatable bonds is 8. The fourth-order valence-electron chi connectivity index (χ4n) is 3.17. The molecule has 1 aliphatic heterocycles. The smallest absolute Gasteiger partial charge is 0.0181 e. The second-order valence-electron chi connectivity index (χ2n) is 5.66. The van der Waals surface area contributed by atoms with E-state index in [1.54, 1.807) is 0 Å². The molecule has 0 amide bonds. The maximum Gasteiger partial charge on any atom is 0.0181 e. The van der Waals surface area contributed by atoms with Crippen molar-refractivity contribution in [2.24, 2.45) is 0 Å². The molecule has 1 N–H and O–H groups in total. The molecule has 0 spiro atoms. The second-order valence-corrected chi connectivity index (χ2v) is 5.66. The Kier molecular flexibility index (Phi) is 7.59. The Bertz CT molecular complexity index is 190. The summed E-state index contributed by atoms with van der Waals surface area (Å²) < 4.78 is 0. The first-order valence-corrected chi connectivity index (χ1v) is 7.69. The summed E-state index contributed by atoms with van der Waals surface area (Å²) in [6.07, 6.45) is 17.0. The molecular weight excluding hydrogens is 206 g/mol. The lowest BCUT2D eigenvalue weighted by atomic mass is 9.83. The zero-order chi connectivity index (χ0) is 12.4. The summed E-state index contributed by atoms with van der Waals surface area (Å²) in [5.41, 5.74) is 0.486. The van der Waals surface area contributed by atoms with Gasteiger partial charge < -0.3 is 5.32 Å². The van der Waals surface area contributed by atoms with Crippen LogP contribution < -0.4 is 5.32 Å². The topological polar surface area (TPSA) is 12.0 Å². The highest BCUT2D eigenvalue weighted by atomic mass is 15.0. The average molecular weight is 237 g/mol. The van der Waals surface area contributed by atoms with E-state index in [0.29, 0.717) is 5.54 Å². The quantitative estimate of drug-likeness (QED) is 0.471. The van der Waals surface area contributed by atoms with Gasteiger partial charge in [0.1, 0.15) is 0 Å². The predicted molar refractivity (Wildman–Crippen MR) is 77.4 cm³/mol. The molecule has 1 fully saturated rings. The minimum Gasteiger partial charge on any atom is -0.311 e. The van der Waals surface area contributed by atoms with E-state index in [1.807, 2.05) is 6.08 Å². The molecular formula is C16H31N. The first-order valence-electron chi connectivity index (χ1n) is 7.69. The standard InChI is InChI=1S/C16H31N/c1-3-5-6-7-9-13-16(12-4-2)14-10-8-11-15-17-16/h3,17H,1,4-15H2,2H3. The summed E-state index contributed by atoms with van der Waals surface area (Å²) in [4.78, 5) is 0. The van der Waals surface area contributed by atoms with Crippen molar-refractivity contribution in [1.29, 1.82) is 0 Å². The first-order chi connectivity index (χ1) is 8.33. The summed E-state index contributed by atoms with van der Waals surface area (Å²) in [7, 11) is 0. The van der Waals surface area contributed by atoms with Gasteiger partial charge in [-0.25, -0.2) is 0 Å². The van der Waals surface area contributed by atoms with Gasteiger partial charge in [0.25, 0.3) is 0 Å². The zero-order valence-corrected chi connectivity index (χ0v) is 11.8. The molecule has 0 saturated carbocycles. The Morgan fingerprint density at radius 1 is 1.12 bits per heavy atom. The van der Waals surface area contributed by atoms with Gasteiger partial charge in [-0.1, -0.05) is 45.1 Å². The van der Waals surface area contributed by atoms with Gasteiger partial charge in [-0.15, -0.1) is 6.58 Å². The fraction of sp³-hybridized carbons (Fsp3) is 0.875. The van der Waals surface area contributed by atoms with E-state index in [9.17, 15) is 0 Å². The molecule has 1 heterocycles. The highest BCUT2D eigenvalue weighted by Crippen LogP contribution is 2.29. The van der Waals surface area contributed by atoms with Gasteiger partial charge in [-0.3, -0.25) is 0 Å². The van der Waals surface area contributed by atoms with Crippen molar-refractivity contribution in [3.05, 3.63) is 12.7 Å². The van der Waals surface area contributed by atoms with Crippen molar-refractivity contribution in [1.82, 2.24) is 5.32 Å². The van der Waals surface area contributed by atoms with Crippen LogP contribution in [-0.2, 0) is 0 Å². The first kappa shape index (κ1) is 14.8.